The van der Waals surface area contributed by atoms with Gasteiger partial charge in [0.25, 0.3) is 0 Å². The molecule has 1 amide bonds. The molecule has 1 fully saturated rings. The number of carbonyl (C=O) groups is 1. The number of ether oxygens (including phenoxy) is 1. The highest BCUT2D eigenvalue weighted by molar-refractivity contribution is 5.80. The Morgan fingerprint density at radius 2 is 2.00 bits per heavy atom. The van der Waals surface area contributed by atoms with Crippen LogP contribution in [0.15, 0.2) is 36.5 Å². The number of amides is 1. The van der Waals surface area contributed by atoms with E-state index in [9.17, 15) is 4.79 Å². The Hall–Kier alpha value is -2.37. The topological polar surface area (TPSA) is 60.2 Å². The third-order valence-corrected chi connectivity index (χ3v) is 4.54. The fourth-order valence-corrected chi connectivity index (χ4v) is 2.85. The van der Waals surface area contributed by atoms with E-state index in [0.29, 0.717) is 18.2 Å². The van der Waals surface area contributed by atoms with Gasteiger partial charge in [0.2, 0.25) is 5.91 Å². The second kappa shape index (κ2) is 7.47. The van der Waals surface area contributed by atoms with E-state index in [1.807, 2.05) is 42.2 Å². The fourth-order valence-electron chi connectivity index (χ4n) is 2.85. The minimum Gasteiger partial charge on any atom is -0.487 e. The van der Waals surface area contributed by atoms with Crippen LogP contribution in [0.2, 0.25) is 0 Å². The molecule has 1 aromatic heterocycles. The number of rotatable bonds is 5. The zero-order chi connectivity index (χ0) is 16.9. The van der Waals surface area contributed by atoms with Gasteiger partial charge in [-0.25, -0.2) is 4.68 Å². The van der Waals surface area contributed by atoms with Crippen LogP contribution in [0.25, 0.3) is 0 Å². The van der Waals surface area contributed by atoms with Crippen LogP contribution in [-0.2, 0) is 11.4 Å². The van der Waals surface area contributed by atoms with Crippen molar-refractivity contribution >= 4 is 5.91 Å². The van der Waals surface area contributed by atoms with Crippen molar-refractivity contribution in [2.24, 2.45) is 5.92 Å². The predicted molar refractivity (Wildman–Crippen MR) is 90.5 cm³/mol. The molecular weight excluding hydrogens is 304 g/mol. The zero-order valence-electron chi connectivity index (χ0n) is 14.3. The molecule has 0 radical (unpaired) electrons. The SMILES string of the molecule is CC1CCN(C(=O)[C@H](C)n2cc(COc3ccccc3)nn2)CC1. The lowest BCUT2D eigenvalue weighted by Gasteiger charge is -2.32. The summed E-state index contributed by atoms with van der Waals surface area (Å²) in [5.41, 5.74) is 0.714. The highest BCUT2D eigenvalue weighted by Gasteiger charge is 2.26. The molecule has 2 aromatic rings. The number of para-hydroxylation sites is 1. The number of benzene rings is 1. The van der Waals surface area contributed by atoms with Crippen LogP contribution < -0.4 is 4.74 Å². The summed E-state index contributed by atoms with van der Waals surface area (Å²) in [5.74, 6) is 1.61. The summed E-state index contributed by atoms with van der Waals surface area (Å²) in [6, 6.07) is 9.25. The monoisotopic (exact) mass is 328 g/mol. The van der Waals surface area contributed by atoms with Crippen LogP contribution >= 0.6 is 0 Å². The molecule has 1 aliphatic heterocycles. The molecule has 0 bridgehead atoms. The molecule has 0 unspecified atom stereocenters. The Balaban J connectivity index is 1.57. The summed E-state index contributed by atoms with van der Waals surface area (Å²) < 4.78 is 7.29. The van der Waals surface area contributed by atoms with E-state index in [1.165, 1.54) is 0 Å². The normalized spacial score (nSPS) is 16.8. The maximum absolute atomic E-state index is 12.6. The van der Waals surface area contributed by atoms with E-state index in [2.05, 4.69) is 17.2 Å². The zero-order valence-corrected chi connectivity index (χ0v) is 14.3. The first kappa shape index (κ1) is 16.5. The Morgan fingerprint density at radius 3 is 2.71 bits per heavy atom. The van der Waals surface area contributed by atoms with Crippen LogP contribution in [0, 0.1) is 5.92 Å². The molecule has 1 saturated heterocycles. The van der Waals surface area contributed by atoms with Gasteiger partial charge in [0.1, 0.15) is 24.1 Å². The Bertz CT molecular complexity index is 663. The van der Waals surface area contributed by atoms with Crippen LogP contribution in [-0.4, -0.2) is 38.9 Å². The van der Waals surface area contributed by atoms with Crippen molar-refractivity contribution < 1.29 is 9.53 Å². The van der Waals surface area contributed by atoms with Gasteiger partial charge in [-0.05, 0) is 37.8 Å². The molecule has 0 spiro atoms. The molecule has 24 heavy (non-hydrogen) atoms. The number of nitrogens with zero attached hydrogens (tertiary/aromatic N) is 4. The second-order valence-corrected chi connectivity index (χ2v) is 6.48. The first-order chi connectivity index (χ1) is 11.6. The van der Waals surface area contributed by atoms with Gasteiger partial charge < -0.3 is 9.64 Å². The van der Waals surface area contributed by atoms with Gasteiger partial charge in [0, 0.05) is 13.1 Å². The number of hydrogen-bond donors (Lipinski definition) is 0. The van der Waals surface area contributed by atoms with E-state index >= 15 is 0 Å². The predicted octanol–water partition coefficient (Wildman–Crippen LogP) is 2.68. The average molecular weight is 328 g/mol. The lowest BCUT2D eigenvalue weighted by Crippen LogP contribution is -2.41. The molecule has 2 heterocycles. The number of likely N-dealkylation sites (tertiary alicyclic amines) is 1. The fraction of sp³-hybridized carbons (Fsp3) is 0.500. The van der Waals surface area contributed by atoms with Crippen LogP contribution in [0.3, 0.4) is 0 Å². The minimum absolute atomic E-state index is 0.113. The minimum atomic E-state index is -0.337. The highest BCUT2D eigenvalue weighted by atomic mass is 16.5. The highest BCUT2D eigenvalue weighted by Crippen LogP contribution is 2.19. The third-order valence-electron chi connectivity index (χ3n) is 4.54. The summed E-state index contributed by atoms with van der Waals surface area (Å²) in [5, 5.41) is 8.21. The molecule has 6 nitrogen and oxygen atoms in total. The van der Waals surface area contributed by atoms with E-state index in [1.54, 1.807) is 10.9 Å². The van der Waals surface area contributed by atoms with Gasteiger partial charge in [-0.1, -0.05) is 30.3 Å². The molecule has 3 rings (SSSR count). The van der Waals surface area contributed by atoms with E-state index < -0.39 is 0 Å². The quantitative estimate of drug-likeness (QED) is 0.846. The van der Waals surface area contributed by atoms with Gasteiger partial charge >= 0.3 is 0 Å². The van der Waals surface area contributed by atoms with E-state index in [4.69, 9.17) is 4.74 Å². The van der Waals surface area contributed by atoms with Gasteiger partial charge in [-0.3, -0.25) is 4.79 Å². The molecule has 128 valence electrons. The molecule has 0 aliphatic carbocycles. The average Bonchev–Trinajstić information content (AvgIpc) is 3.09. The number of piperidine rings is 1. The van der Waals surface area contributed by atoms with Crippen molar-refractivity contribution in [2.75, 3.05) is 13.1 Å². The van der Waals surface area contributed by atoms with Gasteiger partial charge in [-0.15, -0.1) is 5.10 Å². The lowest BCUT2D eigenvalue weighted by atomic mass is 9.99. The van der Waals surface area contributed by atoms with Gasteiger partial charge in [0.05, 0.1) is 6.20 Å². The van der Waals surface area contributed by atoms with Crippen molar-refractivity contribution in [3.8, 4) is 5.75 Å². The molecule has 0 saturated carbocycles. The molecule has 1 atom stereocenters. The van der Waals surface area contributed by atoms with Crippen LogP contribution in [0.1, 0.15) is 38.4 Å². The maximum Gasteiger partial charge on any atom is 0.247 e. The van der Waals surface area contributed by atoms with E-state index in [0.717, 1.165) is 31.7 Å². The van der Waals surface area contributed by atoms with Crippen molar-refractivity contribution in [3.63, 3.8) is 0 Å². The van der Waals surface area contributed by atoms with Gasteiger partial charge in [-0.2, -0.15) is 0 Å². The summed E-state index contributed by atoms with van der Waals surface area (Å²) in [7, 11) is 0. The van der Waals surface area contributed by atoms with Gasteiger partial charge in [0.15, 0.2) is 0 Å². The van der Waals surface area contributed by atoms with Crippen molar-refractivity contribution in [3.05, 3.63) is 42.2 Å². The standard InChI is InChI=1S/C18H24N4O2/c1-14-8-10-21(11-9-14)18(23)15(2)22-12-16(19-20-22)13-24-17-6-4-3-5-7-17/h3-7,12,14-15H,8-11,13H2,1-2H3/t15-/m0/s1. The summed E-state index contributed by atoms with van der Waals surface area (Å²) in [6.07, 6.45) is 3.94. The third kappa shape index (κ3) is 3.93. The largest absolute Gasteiger partial charge is 0.487 e. The van der Waals surface area contributed by atoms with Crippen molar-refractivity contribution in [1.82, 2.24) is 19.9 Å². The summed E-state index contributed by atoms with van der Waals surface area (Å²) in [6.45, 7) is 6.12. The molecule has 6 heteroatoms. The number of hydrogen-bond acceptors (Lipinski definition) is 4. The molecule has 1 aromatic carbocycles. The number of aromatic nitrogens is 3. The second-order valence-electron chi connectivity index (χ2n) is 6.48. The molecular formula is C18H24N4O2. The summed E-state index contributed by atoms with van der Waals surface area (Å²) >= 11 is 0. The lowest BCUT2D eigenvalue weighted by molar-refractivity contribution is -0.135. The number of carbonyl (C=O) groups excluding carboxylic acids is 1. The maximum atomic E-state index is 12.6. The van der Waals surface area contributed by atoms with Crippen molar-refractivity contribution in [1.29, 1.82) is 0 Å². The summed E-state index contributed by atoms with van der Waals surface area (Å²) in [4.78, 5) is 14.5. The van der Waals surface area contributed by atoms with E-state index in [-0.39, 0.29) is 11.9 Å². The first-order valence-corrected chi connectivity index (χ1v) is 8.51. The molecule has 1 aliphatic rings. The smallest absolute Gasteiger partial charge is 0.247 e. The van der Waals surface area contributed by atoms with Crippen molar-refractivity contribution in [2.45, 2.75) is 39.3 Å². The Kier molecular flexibility index (Phi) is 5.13. The first-order valence-electron chi connectivity index (χ1n) is 8.51. The van der Waals surface area contributed by atoms with Crippen LogP contribution in [0.5, 0.6) is 5.75 Å². The van der Waals surface area contributed by atoms with Crippen LogP contribution in [0.4, 0.5) is 0 Å². The Labute approximate surface area is 142 Å². The Morgan fingerprint density at radius 1 is 1.29 bits per heavy atom. The molecule has 0 N–H and O–H groups in total.